The Labute approximate surface area is 205 Å². The molecular formula is C26H21ClFN5O2. The molecule has 0 spiro atoms. The molecule has 3 aromatic heterocycles. The summed E-state index contributed by atoms with van der Waals surface area (Å²) in [5.41, 5.74) is 4.59. The highest BCUT2D eigenvalue weighted by Gasteiger charge is 2.32. The lowest BCUT2D eigenvalue weighted by atomic mass is 10.1. The second kappa shape index (κ2) is 8.03. The first-order chi connectivity index (χ1) is 17.2. The van der Waals surface area contributed by atoms with Gasteiger partial charge in [0.1, 0.15) is 23.4 Å². The summed E-state index contributed by atoms with van der Waals surface area (Å²) in [6.45, 7) is 2.89. The van der Waals surface area contributed by atoms with Gasteiger partial charge in [-0.15, -0.1) is 0 Å². The number of morpholine rings is 1. The molecule has 0 unspecified atom stereocenters. The molecule has 1 saturated heterocycles. The van der Waals surface area contributed by atoms with Crippen LogP contribution in [-0.2, 0) is 4.74 Å². The number of rotatable bonds is 4. The highest BCUT2D eigenvalue weighted by atomic mass is 35.5. The highest BCUT2D eigenvalue weighted by Crippen LogP contribution is 2.45. The molecule has 2 fully saturated rings. The molecule has 4 heterocycles. The fourth-order valence-electron chi connectivity index (χ4n) is 4.94. The minimum absolute atomic E-state index is 0.303. The van der Waals surface area contributed by atoms with Gasteiger partial charge in [-0.3, -0.25) is 9.55 Å². The van der Waals surface area contributed by atoms with Crippen LogP contribution >= 0.6 is 11.6 Å². The lowest BCUT2D eigenvalue weighted by Crippen LogP contribution is -2.36. The molecule has 0 radical (unpaired) electrons. The van der Waals surface area contributed by atoms with Crippen molar-refractivity contribution in [2.45, 2.75) is 18.8 Å². The Morgan fingerprint density at radius 1 is 1.00 bits per heavy atom. The van der Waals surface area contributed by atoms with Crippen molar-refractivity contribution in [3.8, 4) is 17.1 Å². The van der Waals surface area contributed by atoms with Crippen molar-refractivity contribution in [2.75, 3.05) is 31.2 Å². The highest BCUT2D eigenvalue weighted by molar-refractivity contribution is 6.35. The Bertz CT molecular complexity index is 1570. The molecule has 7 rings (SSSR count). The van der Waals surface area contributed by atoms with Crippen LogP contribution in [0.5, 0.6) is 0 Å². The molecule has 1 saturated carbocycles. The number of nitrogens with zero attached hydrogens (tertiary/aromatic N) is 5. The summed E-state index contributed by atoms with van der Waals surface area (Å²) < 4.78 is 28.6. The number of oxazole rings is 1. The molecule has 35 heavy (non-hydrogen) atoms. The predicted octanol–water partition coefficient (Wildman–Crippen LogP) is 5.74. The van der Waals surface area contributed by atoms with Crippen molar-refractivity contribution < 1.29 is 13.5 Å². The van der Waals surface area contributed by atoms with Crippen molar-refractivity contribution in [2.24, 2.45) is 0 Å². The van der Waals surface area contributed by atoms with Gasteiger partial charge in [-0.25, -0.2) is 14.4 Å². The number of pyridine rings is 1. The van der Waals surface area contributed by atoms with Crippen molar-refractivity contribution in [1.29, 1.82) is 0 Å². The van der Waals surface area contributed by atoms with Crippen LogP contribution in [0.25, 0.3) is 39.1 Å². The van der Waals surface area contributed by atoms with Gasteiger partial charge in [0.15, 0.2) is 0 Å². The zero-order valence-electron chi connectivity index (χ0n) is 18.7. The molecule has 7 nitrogen and oxygen atoms in total. The second-order valence-electron chi connectivity index (χ2n) is 8.96. The number of fused-ring (bicyclic) bond motifs is 2. The first-order valence-corrected chi connectivity index (χ1v) is 12.1. The van der Waals surface area contributed by atoms with Gasteiger partial charge in [0.05, 0.1) is 52.1 Å². The molecule has 0 bridgehead atoms. The van der Waals surface area contributed by atoms with E-state index in [4.69, 9.17) is 25.7 Å². The van der Waals surface area contributed by atoms with Gasteiger partial charge in [0, 0.05) is 30.9 Å². The van der Waals surface area contributed by atoms with Crippen molar-refractivity contribution in [3.05, 3.63) is 65.7 Å². The zero-order chi connectivity index (χ0) is 23.5. The monoisotopic (exact) mass is 489 g/mol. The van der Waals surface area contributed by atoms with Gasteiger partial charge >= 0.3 is 0 Å². The summed E-state index contributed by atoms with van der Waals surface area (Å²) in [6.07, 6.45) is 6.96. The van der Waals surface area contributed by atoms with E-state index in [1.165, 1.54) is 6.07 Å². The van der Waals surface area contributed by atoms with Gasteiger partial charge in [-0.2, -0.15) is 0 Å². The lowest BCUT2D eigenvalue weighted by Gasteiger charge is -2.29. The van der Waals surface area contributed by atoms with Crippen LogP contribution in [0.3, 0.4) is 0 Å². The molecule has 2 aromatic carbocycles. The normalized spacial score (nSPS) is 16.5. The first-order valence-electron chi connectivity index (χ1n) is 11.7. The van der Waals surface area contributed by atoms with Gasteiger partial charge in [-0.05, 0) is 43.2 Å². The Morgan fingerprint density at radius 2 is 1.86 bits per heavy atom. The topological polar surface area (TPSA) is 69.2 Å². The number of anilines is 1. The lowest BCUT2D eigenvalue weighted by molar-refractivity contribution is 0.122. The number of aromatic nitrogens is 4. The van der Waals surface area contributed by atoms with E-state index in [0.717, 1.165) is 54.0 Å². The van der Waals surface area contributed by atoms with Crippen molar-refractivity contribution in [3.63, 3.8) is 0 Å². The third kappa shape index (κ3) is 3.39. The first kappa shape index (κ1) is 20.8. The Kier molecular flexibility index (Phi) is 4.78. The summed E-state index contributed by atoms with van der Waals surface area (Å²) in [5, 5.41) is 0.797. The van der Waals surface area contributed by atoms with E-state index in [-0.39, 0.29) is 5.82 Å². The molecular weight excluding hydrogens is 469 g/mol. The second-order valence-corrected chi connectivity index (χ2v) is 9.37. The summed E-state index contributed by atoms with van der Waals surface area (Å²) in [4.78, 5) is 16.2. The predicted molar refractivity (Wildman–Crippen MR) is 132 cm³/mol. The number of benzene rings is 2. The number of hydrogen-bond donors (Lipinski definition) is 0. The average Bonchev–Trinajstić information content (AvgIpc) is 3.45. The molecule has 2 aliphatic rings. The number of ether oxygens (including phenoxy) is 1. The fraction of sp³-hybridized carbons (Fsp3) is 0.269. The molecule has 0 N–H and O–H groups in total. The van der Waals surface area contributed by atoms with E-state index < -0.39 is 0 Å². The molecule has 0 amide bonds. The third-order valence-corrected chi connectivity index (χ3v) is 7.07. The fourth-order valence-corrected chi connectivity index (χ4v) is 5.14. The molecule has 0 atom stereocenters. The maximum atomic E-state index is 15.3. The average molecular weight is 490 g/mol. The minimum atomic E-state index is -0.367. The van der Waals surface area contributed by atoms with Gasteiger partial charge in [0.2, 0.25) is 5.89 Å². The summed E-state index contributed by atoms with van der Waals surface area (Å²) in [5.74, 6) is 1.34. The number of imidazole rings is 1. The van der Waals surface area contributed by atoms with Crippen LogP contribution in [0.4, 0.5) is 10.1 Å². The Morgan fingerprint density at radius 3 is 2.63 bits per heavy atom. The standard InChI is InChI=1S/C26H21ClFN5O2/c27-18-3-4-19(28)22-20(5-6-29-24(18)22)33-21-14-16(32-8-11-34-12-9-32)13-17(26-30-7-10-35-26)23(21)31-25(33)15-1-2-15/h3-7,10,13-15H,1-2,8-9,11-12H2. The zero-order valence-corrected chi connectivity index (χ0v) is 19.5. The number of hydrogen-bond acceptors (Lipinski definition) is 6. The smallest absolute Gasteiger partial charge is 0.228 e. The SMILES string of the molecule is Fc1ccc(Cl)c2nccc(-n3c(C4CC4)nc4c(-c5ncco5)cc(N5CCOCC5)cc43)c12. The van der Waals surface area contributed by atoms with Crippen LogP contribution in [0.2, 0.25) is 5.02 Å². The Balaban J connectivity index is 1.57. The minimum Gasteiger partial charge on any atom is -0.444 e. The molecule has 5 aromatic rings. The van der Waals surface area contributed by atoms with Crippen molar-refractivity contribution in [1.82, 2.24) is 19.5 Å². The van der Waals surface area contributed by atoms with Crippen molar-refractivity contribution >= 4 is 39.2 Å². The van der Waals surface area contributed by atoms with Crippen LogP contribution in [0.15, 0.2) is 53.4 Å². The maximum absolute atomic E-state index is 15.3. The molecule has 1 aliphatic heterocycles. The maximum Gasteiger partial charge on any atom is 0.228 e. The largest absolute Gasteiger partial charge is 0.444 e. The summed E-state index contributed by atoms with van der Waals surface area (Å²) >= 11 is 6.42. The molecule has 176 valence electrons. The Hall–Kier alpha value is -3.49. The molecule has 9 heteroatoms. The van der Waals surface area contributed by atoms with Gasteiger partial charge in [0.25, 0.3) is 0 Å². The van der Waals surface area contributed by atoms with Gasteiger partial charge < -0.3 is 14.1 Å². The van der Waals surface area contributed by atoms with E-state index in [1.807, 2.05) is 6.07 Å². The van der Waals surface area contributed by atoms with Gasteiger partial charge in [-0.1, -0.05) is 11.6 Å². The van der Waals surface area contributed by atoms with E-state index >= 15 is 4.39 Å². The van der Waals surface area contributed by atoms with Crippen LogP contribution in [0.1, 0.15) is 24.6 Å². The summed E-state index contributed by atoms with van der Waals surface area (Å²) in [6, 6.07) is 8.97. The van der Waals surface area contributed by atoms with Crippen LogP contribution in [-0.4, -0.2) is 45.8 Å². The van der Waals surface area contributed by atoms with E-state index in [9.17, 15) is 0 Å². The van der Waals surface area contributed by atoms with Crippen LogP contribution in [0, 0.1) is 5.82 Å². The third-order valence-electron chi connectivity index (χ3n) is 6.76. The van der Waals surface area contributed by atoms with Crippen LogP contribution < -0.4 is 4.90 Å². The van der Waals surface area contributed by atoms with E-state index in [2.05, 4.69) is 31.6 Å². The molecule has 1 aliphatic carbocycles. The number of halogens is 2. The van der Waals surface area contributed by atoms with E-state index in [0.29, 0.717) is 46.6 Å². The van der Waals surface area contributed by atoms with E-state index in [1.54, 1.807) is 24.7 Å². The summed E-state index contributed by atoms with van der Waals surface area (Å²) in [7, 11) is 0. The quantitative estimate of drug-likeness (QED) is 0.321.